The molecule has 2 heterocycles. The van der Waals surface area contributed by atoms with Crippen LogP contribution in [0.15, 0.2) is 52.9 Å². The summed E-state index contributed by atoms with van der Waals surface area (Å²) in [5, 5.41) is 13.4. The Bertz CT molecular complexity index is 949. The predicted octanol–water partition coefficient (Wildman–Crippen LogP) is 1.18. The minimum Gasteiger partial charge on any atom is -0.480 e. The van der Waals surface area contributed by atoms with Crippen LogP contribution in [0.1, 0.15) is 15.9 Å². The molecule has 2 N–H and O–H groups in total. The molecule has 1 amide bonds. The predicted molar refractivity (Wildman–Crippen MR) is 88.4 cm³/mol. The number of hydrogen-bond donors (Lipinski definition) is 2. The monoisotopic (exact) mass is 343 g/mol. The summed E-state index contributed by atoms with van der Waals surface area (Å²) in [6.07, 6.45) is 2.81. The zero-order chi connectivity index (χ0) is 17.1. The lowest BCUT2D eigenvalue weighted by Crippen LogP contribution is -2.44. The van der Waals surface area contributed by atoms with Crippen molar-refractivity contribution in [2.75, 3.05) is 0 Å². The van der Waals surface area contributed by atoms with Gasteiger partial charge in [-0.2, -0.15) is 0 Å². The van der Waals surface area contributed by atoms with Gasteiger partial charge in [-0.3, -0.25) is 14.0 Å². The maximum atomic E-state index is 12.3. The van der Waals surface area contributed by atoms with Crippen LogP contribution in [0.4, 0.5) is 0 Å². The highest BCUT2D eigenvalue weighted by Crippen LogP contribution is 2.07. The zero-order valence-corrected chi connectivity index (χ0v) is 13.2. The van der Waals surface area contributed by atoms with E-state index in [0.29, 0.717) is 4.96 Å². The van der Waals surface area contributed by atoms with E-state index in [1.807, 2.05) is 6.07 Å². The van der Waals surface area contributed by atoms with Gasteiger partial charge in [0.25, 0.3) is 11.5 Å². The van der Waals surface area contributed by atoms with E-state index in [1.165, 1.54) is 28.1 Å². The van der Waals surface area contributed by atoms with E-state index in [1.54, 1.807) is 29.6 Å². The first-order chi connectivity index (χ1) is 11.6. The number of carbonyl (C=O) groups excluding carboxylic acids is 1. The van der Waals surface area contributed by atoms with Gasteiger partial charge in [-0.15, -0.1) is 11.3 Å². The average molecular weight is 343 g/mol. The lowest BCUT2D eigenvalue weighted by Gasteiger charge is -2.14. The highest BCUT2D eigenvalue weighted by molar-refractivity contribution is 7.15. The number of carboxylic acid groups (broad SMARTS) is 1. The molecule has 3 rings (SSSR count). The van der Waals surface area contributed by atoms with Gasteiger partial charge in [0.1, 0.15) is 11.6 Å². The molecule has 0 bridgehead atoms. The van der Waals surface area contributed by atoms with Crippen LogP contribution in [0.5, 0.6) is 0 Å². The molecule has 0 radical (unpaired) electrons. The molecule has 0 fully saturated rings. The van der Waals surface area contributed by atoms with Crippen LogP contribution >= 0.6 is 11.3 Å². The number of fused-ring (bicyclic) bond motifs is 1. The molecule has 0 saturated carbocycles. The Balaban J connectivity index is 1.83. The minimum absolute atomic E-state index is 0.122. The molecule has 2 aromatic heterocycles. The van der Waals surface area contributed by atoms with Crippen LogP contribution in [0.25, 0.3) is 4.96 Å². The summed E-state index contributed by atoms with van der Waals surface area (Å²) in [5.41, 5.74) is 0.0566. The van der Waals surface area contributed by atoms with E-state index in [-0.39, 0.29) is 12.0 Å². The Labute approximate surface area is 140 Å². The minimum atomic E-state index is -1.17. The van der Waals surface area contributed by atoms with Gasteiger partial charge in [0.2, 0.25) is 0 Å². The van der Waals surface area contributed by atoms with Crippen molar-refractivity contribution in [2.24, 2.45) is 0 Å². The summed E-state index contributed by atoms with van der Waals surface area (Å²) < 4.78 is 1.26. The molecular formula is C16H13N3O4S. The fourth-order valence-electron chi connectivity index (χ4n) is 2.27. The number of nitrogens with zero attached hydrogens (tertiary/aromatic N) is 2. The van der Waals surface area contributed by atoms with Gasteiger partial charge in [0.15, 0.2) is 4.96 Å². The Morgan fingerprint density at radius 1 is 1.29 bits per heavy atom. The third-order valence-electron chi connectivity index (χ3n) is 3.47. The number of aromatic nitrogens is 2. The van der Waals surface area contributed by atoms with Crippen LogP contribution in [-0.2, 0) is 11.2 Å². The van der Waals surface area contributed by atoms with Crippen LogP contribution in [0.2, 0.25) is 0 Å². The summed E-state index contributed by atoms with van der Waals surface area (Å²) in [6, 6.07) is 7.81. The highest BCUT2D eigenvalue weighted by Gasteiger charge is 2.23. The number of benzene rings is 1. The van der Waals surface area contributed by atoms with Crippen molar-refractivity contribution < 1.29 is 14.7 Å². The van der Waals surface area contributed by atoms with Crippen molar-refractivity contribution in [3.8, 4) is 0 Å². The lowest BCUT2D eigenvalue weighted by molar-refractivity contribution is -0.139. The number of thiazole rings is 1. The number of aliphatic carboxylic acids is 1. The van der Waals surface area contributed by atoms with Crippen molar-refractivity contribution in [1.29, 1.82) is 0 Å². The Morgan fingerprint density at radius 3 is 2.75 bits per heavy atom. The Hall–Kier alpha value is -3.00. The summed E-state index contributed by atoms with van der Waals surface area (Å²) in [6.45, 7) is 0. The number of carboxylic acids is 1. The van der Waals surface area contributed by atoms with Crippen LogP contribution in [0, 0.1) is 0 Å². The topological polar surface area (TPSA) is 101 Å². The number of hydrogen-bond acceptors (Lipinski definition) is 5. The summed E-state index contributed by atoms with van der Waals surface area (Å²) in [7, 11) is 0. The molecule has 0 saturated heterocycles. The molecule has 24 heavy (non-hydrogen) atoms. The first-order valence-corrected chi connectivity index (χ1v) is 7.96. The number of rotatable bonds is 5. The SMILES string of the molecule is O=C(N[C@@H](Cc1ccccc1)C(=O)O)c1cnc2sccn2c1=O. The van der Waals surface area contributed by atoms with E-state index in [9.17, 15) is 19.5 Å². The van der Waals surface area contributed by atoms with Crippen molar-refractivity contribution in [2.45, 2.75) is 12.5 Å². The van der Waals surface area contributed by atoms with Crippen LogP contribution < -0.4 is 10.9 Å². The summed E-state index contributed by atoms with van der Waals surface area (Å²) in [5.74, 6) is -1.92. The average Bonchev–Trinajstić information content (AvgIpc) is 3.05. The third-order valence-corrected chi connectivity index (χ3v) is 4.24. The van der Waals surface area contributed by atoms with Gasteiger partial charge < -0.3 is 10.4 Å². The van der Waals surface area contributed by atoms with Crippen molar-refractivity contribution >= 4 is 28.2 Å². The molecule has 0 aliphatic carbocycles. The number of amides is 1. The molecule has 0 unspecified atom stereocenters. The van der Waals surface area contributed by atoms with Crippen LogP contribution in [-0.4, -0.2) is 32.4 Å². The van der Waals surface area contributed by atoms with E-state index in [4.69, 9.17) is 0 Å². The van der Waals surface area contributed by atoms with Gasteiger partial charge in [0.05, 0.1) is 0 Å². The number of nitrogens with one attached hydrogen (secondary N) is 1. The smallest absolute Gasteiger partial charge is 0.326 e. The van der Waals surface area contributed by atoms with Gasteiger partial charge in [-0.1, -0.05) is 30.3 Å². The van der Waals surface area contributed by atoms with Gasteiger partial charge in [-0.25, -0.2) is 9.78 Å². The molecule has 0 spiro atoms. The van der Waals surface area contributed by atoms with Gasteiger partial charge in [-0.05, 0) is 5.56 Å². The fraction of sp³-hybridized carbons (Fsp3) is 0.125. The summed E-state index contributed by atoms with van der Waals surface area (Å²) >= 11 is 1.27. The van der Waals surface area contributed by atoms with E-state index in [0.717, 1.165) is 5.56 Å². The second-order valence-electron chi connectivity index (χ2n) is 5.09. The van der Waals surface area contributed by atoms with Crippen molar-refractivity contribution in [1.82, 2.24) is 14.7 Å². The molecular weight excluding hydrogens is 330 g/mol. The highest BCUT2D eigenvalue weighted by atomic mass is 32.1. The molecule has 7 nitrogen and oxygen atoms in total. The standard InChI is InChI=1S/C16H13N3O4S/c20-13(11-9-17-16-19(14(11)21)6-7-24-16)18-12(15(22)23)8-10-4-2-1-3-5-10/h1-7,9,12H,8H2,(H,18,20)(H,22,23)/t12-/m0/s1. The maximum absolute atomic E-state index is 12.3. The van der Waals surface area contributed by atoms with E-state index >= 15 is 0 Å². The van der Waals surface area contributed by atoms with Crippen LogP contribution in [0.3, 0.4) is 0 Å². The van der Waals surface area contributed by atoms with Gasteiger partial charge in [0, 0.05) is 24.2 Å². The lowest BCUT2D eigenvalue weighted by atomic mass is 10.1. The Morgan fingerprint density at radius 2 is 2.04 bits per heavy atom. The maximum Gasteiger partial charge on any atom is 0.326 e. The molecule has 1 aromatic carbocycles. The zero-order valence-electron chi connectivity index (χ0n) is 12.4. The largest absolute Gasteiger partial charge is 0.480 e. The van der Waals surface area contributed by atoms with Crippen molar-refractivity contribution in [3.05, 3.63) is 69.6 Å². The second kappa shape index (κ2) is 6.63. The molecule has 0 aliphatic heterocycles. The first-order valence-electron chi connectivity index (χ1n) is 7.08. The molecule has 1 atom stereocenters. The summed E-state index contributed by atoms with van der Waals surface area (Å²) in [4.78, 5) is 40.5. The third kappa shape index (κ3) is 3.18. The van der Waals surface area contributed by atoms with Gasteiger partial charge >= 0.3 is 5.97 Å². The second-order valence-corrected chi connectivity index (χ2v) is 5.96. The first kappa shape index (κ1) is 15.9. The molecule has 3 aromatic rings. The van der Waals surface area contributed by atoms with E-state index in [2.05, 4.69) is 10.3 Å². The van der Waals surface area contributed by atoms with E-state index < -0.39 is 23.5 Å². The number of carbonyl (C=O) groups is 2. The molecule has 122 valence electrons. The normalized spacial score (nSPS) is 12.0. The van der Waals surface area contributed by atoms with Crippen molar-refractivity contribution in [3.63, 3.8) is 0 Å². The fourth-order valence-corrected chi connectivity index (χ4v) is 2.94. The quantitative estimate of drug-likeness (QED) is 0.724. The molecule has 8 heteroatoms. The Kier molecular flexibility index (Phi) is 4.39. The molecule has 0 aliphatic rings.